The summed E-state index contributed by atoms with van der Waals surface area (Å²) in [7, 11) is 0. The number of hydrogen-bond acceptors (Lipinski definition) is 1. The minimum atomic E-state index is -0.234. The van der Waals surface area contributed by atoms with E-state index in [1.54, 1.807) is 24.3 Å². The highest BCUT2D eigenvalue weighted by atomic mass is 19.1. The Bertz CT molecular complexity index is 523. The Morgan fingerprint density at radius 1 is 1.00 bits per heavy atom. The highest BCUT2D eigenvalue weighted by Gasteiger charge is 2.05. The standard InChI is InChI=1S/C16H17F2N/c1-12(13-6-8-15(17)9-7-13)19-11-10-14-4-2-3-5-16(14)18/h2-9,12,19H,10-11H2,1H3. The molecule has 0 spiro atoms. The Balaban J connectivity index is 1.86. The summed E-state index contributed by atoms with van der Waals surface area (Å²) in [6.45, 7) is 2.69. The Morgan fingerprint density at radius 3 is 2.37 bits per heavy atom. The van der Waals surface area contributed by atoms with E-state index in [1.165, 1.54) is 18.2 Å². The molecule has 3 heteroatoms. The third-order valence-corrected chi connectivity index (χ3v) is 3.17. The fourth-order valence-electron chi connectivity index (χ4n) is 1.99. The molecule has 2 aromatic carbocycles. The number of halogens is 2. The number of hydrogen-bond donors (Lipinski definition) is 1. The van der Waals surface area contributed by atoms with E-state index in [2.05, 4.69) is 5.32 Å². The summed E-state index contributed by atoms with van der Waals surface area (Å²) in [4.78, 5) is 0. The van der Waals surface area contributed by atoms with Crippen LogP contribution in [0.1, 0.15) is 24.1 Å². The molecule has 1 N–H and O–H groups in total. The maximum Gasteiger partial charge on any atom is 0.126 e. The highest BCUT2D eigenvalue weighted by Crippen LogP contribution is 2.13. The van der Waals surface area contributed by atoms with Crippen LogP contribution in [-0.2, 0) is 6.42 Å². The van der Waals surface area contributed by atoms with Gasteiger partial charge in [0.1, 0.15) is 11.6 Å². The van der Waals surface area contributed by atoms with Crippen LogP contribution in [0.15, 0.2) is 48.5 Å². The molecule has 1 unspecified atom stereocenters. The van der Waals surface area contributed by atoms with E-state index in [4.69, 9.17) is 0 Å². The van der Waals surface area contributed by atoms with Crippen molar-refractivity contribution in [2.75, 3.05) is 6.54 Å². The Labute approximate surface area is 112 Å². The summed E-state index contributed by atoms with van der Waals surface area (Å²) in [6.07, 6.45) is 0.637. The maximum atomic E-state index is 13.4. The van der Waals surface area contributed by atoms with Crippen molar-refractivity contribution in [2.24, 2.45) is 0 Å². The van der Waals surface area contributed by atoms with E-state index in [0.29, 0.717) is 18.5 Å². The normalized spacial score (nSPS) is 12.4. The second-order valence-corrected chi connectivity index (χ2v) is 4.57. The SMILES string of the molecule is CC(NCCc1ccccc1F)c1ccc(F)cc1. The van der Waals surface area contributed by atoms with Crippen molar-refractivity contribution >= 4 is 0 Å². The highest BCUT2D eigenvalue weighted by molar-refractivity contribution is 5.20. The number of rotatable bonds is 5. The first-order valence-corrected chi connectivity index (χ1v) is 6.39. The summed E-state index contributed by atoms with van der Waals surface area (Å²) < 4.78 is 26.2. The first-order valence-electron chi connectivity index (χ1n) is 6.39. The quantitative estimate of drug-likeness (QED) is 0.861. The zero-order valence-corrected chi connectivity index (χ0v) is 10.9. The van der Waals surface area contributed by atoms with E-state index in [-0.39, 0.29) is 17.7 Å². The topological polar surface area (TPSA) is 12.0 Å². The van der Waals surface area contributed by atoms with E-state index >= 15 is 0 Å². The zero-order chi connectivity index (χ0) is 13.7. The summed E-state index contributed by atoms with van der Waals surface area (Å²) >= 11 is 0. The van der Waals surface area contributed by atoms with Crippen molar-refractivity contribution in [3.05, 3.63) is 71.3 Å². The fourth-order valence-corrected chi connectivity index (χ4v) is 1.99. The van der Waals surface area contributed by atoms with Crippen molar-refractivity contribution in [1.82, 2.24) is 5.32 Å². The van der Waals surface area contributed by atoms with E-state index < -0.39 is 0 Å². The lowest BCUT2D eigenvalue weighted by atomic mass is 10.1. The third-order valence-electron chi connectivity index (χ3n) is 3.17. The Hall–Kier alpha value is -1.74. The van der Waals surface area contributed by atoms with Crippen molar-refractivity contribution < 1.29 is 8.78 Å². The molecule has 0 saturated carbocycles. The molecule has 19 heavy (non-hydrogen) atoms. The van der Waals surface area contributed by atoms with Crippen LogP contribution in [0.2, 0.25) is 0 Å². The molecular weight excluding hydrogens is 244 g/mol. The molecule has 0 aliphatic carbocycles. The van der Waals surface area contributed by atoms with E-state index in [9.17, 15) is 8.78 Å². The summed E-state index contributed by atoms with van der Waals surface area (Å²) in [5.41, 5.74) is 1.73. The van der Waals surface area contributed by atoms with Crippen LogP contribution in [0.3, 0.4) is 0 Å². The van der Waals surface area contributed by atoms with Gasteiger partial charge in [0.25, 0.3) is 0 Å². The predicted octanol–water partition coefficient (Wildman–Crippen LogP) is 3.86. The monoisotopic (exact) mass is 261 g/mol. The minimum absolute atomic E-state index is 0.118. The first kappa shape index (κ1) is 13.7. The molecule has 0 aliphatic rings. The van der Waals surface area contributed by atoms with Gasteiger partial charge in [0, 0.05) is 6.04 Å². The van der Waals surface area contributed by atoms with Crippen molar-refractivity contribution in [2.45, 2.75) is 19.4 Å². The molecule has 0 bridgehead atoms. The largest absolute Gasteiger partial charge is 0.310 e. The van der Waals surface area contributed by atoms with Crippen LogP contribution in [0.5, 0.6) is 0 Å². The van der Waals surface area contributed by atoms with Crippen LogP contribution in [0.4, 0.5) is 8.78 Å². The van der Waals surface area contributed by atoms with Gasteiger partial charge < -0.3 is 5.32 Å². The average molecular weight is 261 g/mol. The molecule has 0 radical (unpaired) electrons. The van der Waals surface area contributed by atoms with Gasteiger partial charge in [0.15, 0.2) is 0 Å². The summed E-state index contributed by atoms with van der Waals surface area (Å²) in [6, 6.07) is 13.3. The van der Waals surface area contributed by atoms with Gasteiger partial charge in [-0.15, -0.1) is 0 Å². The molecule has 0 fully saturated rings. The summed E-state index contributed by atoms with van der Waals surface area (Å²) in [5, 5.41) is 3.30. The molecule has 0 aliphatic heterocycles. The Kier molecular flexibility index (Phi) is 4.63. The maximum absolute atomic E-state index is 13.4. The molecule has 2 rings (SSSR count). The smallest absolute Gasteiger partial charge is 0.126 e. The summed E-state index contributed by atoms with van der Waals surface area (Å²) in [5.74, 6) is -0.402. The lowest BCUT2D eigenvalue weighted by Gasteiger charge is -2.14. The predicted molar refractivity (Wildman–Crippen MR) is 72.9 cm³/mol. The molecule has 100 valence electrons. The van der Waals surface area contributed by atoms with Crippen molar-refractivity contribution in [3.63, 3.8) is 0 Å². The van der Waals surface area contributed by atoms with Gasteiger partial charge in [-0.25, -0.2) is 8.78 Å². The molecule has 0 aromatic heterocycles. The van der Waals surface area contributed by atoms with Gasteiger partial charge in [-0.05, 0) is 49.2 Å². The number of nitrogens with one attached hydrogen (secondary N) is 1. The van der Waals surface area contributed by atoms with Gasteiger partial charge in [-0.1, -0.05) is 30.3 Å². The van der Waals surface area contributed by atoms with Crippen molar-refractivity contribution in [1.29, 1.82) is 0 Å². The second-order valence-electron chi connectivity index (χ2n) is 4.57. The molecule has 1 atom stereocenters. The lowest BCUT2D eigenvalue weighted by molar-refractivity contribution is 0.557. The van der Waals surface area contributed by atoms with Crippen LogP contribution in [0, 0.1) is 11.6 Å². The lowest BCUT2D eigenvalue weighted by Crippen LogP contribution is -2.21. The van der Waals surface area contributed by atoms with Crippen LogP contribution in [-0.4, -0.2) is 6.54 Å². The van der Waals surface area contributed by atoms with Crippen LogP contribution < -0.4 is 5.32 Å². The van der Waals surface area contributed by atoms with E-state index in [0.717, 1.165) is 5.56 Å². The van der Waals surface area contributed by atoms with Gasteiger partial charge in [0.05, 0.1) is 0 Å². The third kappa shape index (κ3) is 3.86. The minimum Gasteiger partial charge on any atom is -0.310 e. The van der Waals surface area contributed by atoms with Crippen LogP contribution >= 0.6 is 0 Å². The van der Waals surface area contributed by atoms with Gasteiger partial charge >= 0.3 is 0 Å². The van der Waals surface area contributed by atoms with E-state index in [1.807, 2.05) is 13.0 Å². The van der Waals surface area contributed by atoms with Gasteiger partial charge in [-0.3, -0.25) is 0 Å². The molecule has 0 amide bonds. The first-order chi connectivity index (χ1) is 9.16. The molecular formula is C16H17F2N. The zero-order valence-electron chi connectivity index (χ0n) is 10.9. The van der Waals surface area contributed by atoms with Gasteiger partial charge in [-0.2, -0.15) is 0 Å². The second kappa shape index (κ2) is 6.43. The van der Waals surface area contributed by atoms with Gasteiger partial charge in [0.2, 0.25) is 0 Å². The Morgan fingerprint density at radius 2 is 1.68 bits per heavy atom. The fraction of sp³-hybridized carbons (Fsp3) is 0.250. The molecule has 2 aromatic rings. The number of benzene rings is 2. The molecule has 0 saturated heterocycles. The molecule has 0 heterocycles. The van der Waals surface area contributed by atoms with Crippen molar-refractivity contribution in [3.8, 4) is 0 Å². The average Bonchev–Trinajstić information content (AvgIpc) is 2.41. The molecule has 1 nitrogen and oxygen atoms in total. The van der Waals surface area contributed by atoms with Crippen LogP contribution in [0.25, 0.3) is 0 Å².